The summed E-state index contributed by atoms with van der Waals surface area (Å²) in [7, 11) is -3.19. The molecule has 2 amide bonds. The molecule has 2 N–H and O–H groups in total. The molecule has 2 aromatic heterocycles. The fraction of sp³-hybridized carbons (Fsp3) is 0.148. The zero-order valence-corrected chi connectivity index (χ0v) is 21.3. The van der Waals surface area contributed by atoms with Gasteiger partial charge in [0.15, 0.2) is 9.84 Å². The van der Waals surface area contributed by atoms with Crippen molar-refractivity contribution >= 4 is 39.1 Å². The quantitative estimate of drug-likeness (QED) is 0.353. The van der Waals surface area contributed by atoms with Crippen molar-refractivity contribution in [2.24, 2.45) is 0 Å². The van der Waals surface area contributed by atoms with Gasteiger partial charge in [0.05, 0.1) is 22.1 Å². The van der Waals surface area contributed by atoms with Gasteiger partial charge in [-0.3, -0.25) is 9.59 Å². The molecule has 1 aliphatic heterocycles. The number of carbonyl (C=O) groups is 2. The lowest BCUT2D eigenvalue weighted by Gasteiger charge is -2.14. The monoisotopic (exact) mass is 532 g/mol. The van der Waals surface area contributed by atoms with Crippen LogP contribution in [-0.2, 0) is 14.6 Å². The summed E-state index contributed by atoms with van der Waals surface area (Å²) in [4.78, 5) is 27.2. The average molecular weight is 533 g/mol. The molecule has 37 heavy (non-hydrogen) atoms. The molecule has 3 heterocycles. The van der Waals surface area contributed by atoms with Crippen LogP contribution in [0.4, 0.5) is 0 Å². The predicted octanol–water partition coefficient (Wildman–Crippen LogP) is 3.68. The Morgan fingerprint density at radius 1 is 1.00 bits per heavy atom. The highest BCUT2D eigenvalue weighted by Crippen LogP contribution is 2.29. The molecule has 2 aromatic carbocycles. The van der Waals surface area contributed by atoms with Crippen molar-refractivity contribution in [2.75, 3.05) is 11.5 Å². The molecule has 0 spiro atoms. The van der Waals surface area contributed by atoms with Crippen LogP contribution in [-0.4, -0.2) is 47.6 Å². The van der Waals surface area contributed by atoms with E-state index in [2.05, 4.69) is 10.6 Å². The summed E-state index contributed by atoms with van der Waals surface area (Å²) in [5.74, 6) is -1.10. The second-order valence-electron chi connectivity index (χ2n) is 8.64. The average Bonchev–Trinajstić information content (AvgIpc) is 3.65. The molecule has 5 rings (SSSR count). The van der Waals surface area contributed by atoms with E-state index in [4.69, 9.17) is 5.10 Å². The smallest absolute Gasteiger partial charge is 0.268 e. The lowest BCUT2D eigenvalue weighted by Crippen LogP contribution is -2.41. The Balaban J connectivity index is 1.54. The molecular weight excluding hydrogens is 508 g/mol. The van der Waals surface area contributed by atoms with E-state index in [9.17, 15) is 18.0 Å². The molecule has 10 heteroatoms. The molecule has 0 aliphatic carbocycles. The van der Waals surface area contributed by atoms with Crippen molar-refractivity contribution in [3.8, 4) is 16.3 Å². The van der Waals surface area contributed by atoms with Crippen molar-refractivity contribution in [1.82, 2.24) is 20.4 Å². The number of amides is 2. The lowest BCUT2D eigenvalue weighted by atomic mass is 10.1. The first kappa shape index (κ1) is 24.7. The third kappa shape index (κ3) is 5.87. The highest BCUT2D eigenvalue weighted by atomic mass is 32.2. The second-order valence-corrected chi connectivity index (χ2v) is 11.8. The maximum absolute atomic E-state index is 13.3. The summed E-state index contributed by atoms with van der Waals surface area (Å²) in [6.07, 6.45) is 3.72. The number of para-hydroxylation sites is 1. The highest BCUT2D eigenvalue weighted by molar-refractivity contribution is 7.91. The van der Waals surface area contributed by atoms with Crippen molar-refractivity contribution < 1.29 is 18.0 Å². The van der Waals surface area contributed by atoms with Crippen molar-refractivity contribution in [3.63, 3.8) is 0 Å². The highest BCUT2D eigenvalue weighted by Gasteiger charge is 2.30. The van der Waals surface area contributed by atoms with E-state index in [1.54, 1.807) is 47.3 Å². The Bertz CT molecular complexity index is 1540. The van der Waals surface area contributed by atoms with E-state index in [0.29, 0.717) is 23.2 Å². The first-order chi connectivity index (χ1) is 17.9. The Kier molecular flexibility index (Phi) is 7.02. The third-order valence-electron chi connectivity index (χ3n) is 5.91. The van der Waals surface area contributed by atoms with Gasteiger partial charge >= 0.3 is 0 Å². The van der Waals surface area contributed by atoms with E-state index in [1.807, 2.05) is 47.8 Å². The summed E-state index contributed by atoms with van der Waals surface area (Å²) >= 11 is 1.51. The van der Waals surface area contributed by atoms with Crippen molar-refractivity contribution in [1.29, 1.82) is 0 Å². The molecule has 1 saturated heterocycles. The molecule has 0 bridgehead atoms. The maximum Gasteiger partial charge on any atom is 0.268 e. The Morgan fingerprint density at radius 2 is 1.73 bits per heavy atom. The number of thiophene rings is 1. The number of carbonyl (C=O) groups excluding carboxylic acids is 2. The van der Waals surface area contributed by atoms with Gasteiger partial charge in [-0.25, -0.2) is 13.1 Å². The van der Waals surface area contributed by atoms with E-state index in [0.717, 1.165) is 10.6 Å². The van der Waals surface area contributed by atoms with E-state index in [1.165, 1.54) is 11.3 Å². The SMILES string of the molecule is O=C(NC1CCS(=O)(=O)C1)/C(=C/c1cn(-c2ccccc2)nc1-c1cccs1)NC(=O)c1ccccc1. The minimum atomic E-state index is -3.19. The van der Waals surface area contributed by atoms with Crippen LogP contribution in [0.25, 0.3) is 22.3 Å². The van der Waals surface area contributed by atoms with E-state index in [-0.39, 0.29) is 17.2 Å². The lowest BCUT2D eigenvalue weighted by molar-refractivity contribution is -0.118. The third-order valence-corrected chi connectivity index (χ3v) is 8.56. The van der Waals surface area contributed by atoms with Gasteiger partial charge in [-0.05, 0) is 48.2 Å². The van der Waals surface area contributed by atoms with Crippen molar-refractivity contribution in [3.05, 3.63) is 101 Å². The first-order valence-corrected chi connectivity index (χ1v) is 14.4. The number of nitrogens with zero attached hydrogens (tertiary/aromatic N) is 2. The van der Waals surface area contributed by atoms with Gasteiger partial charge in [-0.15, -0.1) is 11.3 Å². The molecule has 0 radical (unpaired) electrons. The van der Waals surface area contributed by atoms with Gasteiger partial charge in [0.1, 0.15) is 11.4 Å². The molecule has 4 aromatic rings. The zero-order valence-electron chi connectivity index (χ0n) is 19.7. The Hall–Kier alpha value is -4.02. The fourth-order valence-electron chi connectivity index (χ4n) is 4.08. The number of benzene rings is 2. The topological polar surface area (TPSA) is 110 Å². The summed E-state index contributed by atoms with van der Waals surface area (Å²) in [5.41, 5.74) is 2.52. The summed E-state index contributed by atoms with van der Waals surface area (Å²) < 4.78 is 25.5. The van der Waals surface area contributed by atoms with Gasteiger partial charge in [0.25, 0.3) is 11.8 Å². The second kappa shape index (κ2) is 10.5. The predicted molar refractivity (Wildman–Crippen MR) is 144 cm³/mol. The largest absolute Gasteiger partial charge is 0.347 e. The molecular formula is C27H24N4O4S2. The molecule has 1 atom stereocenters. The Labute approximate surface area is 218 Å². The summed E-state index contributed by atoms with van der Waals surface area (Å²) in [6, 6.07) is 21.5. The van der Waals surface area contributed by atoms with Crippen LogP contribution in [0.15, 0.2) is 90.1 Å². The number of aromatic nitrogens is 2. The van der Waals surface area contributed by atoms with Gasteiger partial charge in [-0.1, -0.05) is 42.5 Å². The van der Waals surface area contributed by atoms with Gasteiger partial charge in [0.2, 0.25) is 0 Å². The zero-order chi connectivity index (χ0) is 25.8. The maximum atomic E-state index is 13.3. The Morgan fingerprint density at radius 3 is 2.38 bits per heavy atom. The first-order valence-electron chi connectivity index (χ1n) is 11.7. The van der Waals surface area contributed by atoms with Crippen molar-refractivity contribution in [2.45, 2.75) is 12.5 Å². The number of hydrogen-bond donors (Lipinski definition) is 2. The molecule has 188 valence electrons. The standard InChI is InChI=1S/C27H24N4O4S2/c32-26(19-8-3-1-4-9-19)29-23(27(33)28-21-13-15-37(34,35)18-21)16-20-17-31(22-10-5-2-6-11-22)30-25(20)24-12-7-14-36-24/h1-12,14,16-17,21H,13,15,18H2,(H,28,33)(H,29,32)/b23-16-. The van der Waals surface area contributed by atoms with Crippen LogP contribution in [0.2, 0.25) is 0 Å². The number of hydrogen-bond acceptors (Lipinski definition) is 6. The van der Waals surface area contributed by atoms with Gasteiger partial charge in [0, 0.05) is 23.4 Å². The van der Waals surface area contributed by atoms with E-state index < -0.39 is 27.7 Å². The number of rotatable bonds is 7. The molecule has 1 fully saturated rings. The summed E-state index contributed by atoms with van der Waals surface area (Å²) in [5, 5.41) is 12.2. The molecule has 0 saturated carbocycles. The van der Waals surface area contributed by atoms with Crippen LogP contribution in [0.1, 0.15) is 22.3 Å². The van der Waals surface area contributed by atoms with Crippen LogP contribution in [0.5, 0.6) is 0 Å². The van der Waals surface area contributed by atoms with Crippen LogP contribution in [0, 0.1) is 0 Å². The molecule has 1 unspecified atom stereocenters. The molecule has 8 nitrogen and oxygen atoms in total. The molecule has 1 aliphatic rings. The van der Waals surface area contributed by atoms with Gasteiger partial charge < -0.3 is 10.6 Å². The minimum Gasteiger partial charge on any atom is -0.347 e. The number of nitrogens with one attached hydrogen (secondary N) is 2. The normalized spacial score (nSPS) is 16.9. The van der Waals surface area contributed by atoms with Gasteiger partial charge in [-0.2, -0.15) is 5.10 Å². The fourth-order valence-corrected chi connectivity index (χ4v) is 6.49. The minimum absolute atomic E-state index is 0.00330. The summed E-state index contributed by atoms with van der Waals surface area (Å²) in [6.45, 7) is 0. The van der Waals surface area contributed by atoms with Crippen LogP contribution >= 0.6 is 11.3 Å². The number of sulfone groups is 1. The van der Waals surface area contributed by atoms with Crippen LogP contribution < -0.4 is 10.6 Å². The van der Waals surface area contributed by atoms with Crippen LogP contribution in [0.3, 0.4) is 0 Å². The van der Waals surface area contributed by atoms with E-state index >= 15 is 0 Å².